The summed E-state index contributed by atoms with van der Waals surface area (Å²) in [4.78, 5) is 15.6. The predicted molar refractivity (Wildman–Crippen MR) is 110 cm³/mol. The molecule has 5 rings (SSSR count). The summed E-state index contributed by atoms with van der Waals surface area (Å²) in [5, 5.41) is 6.76. The topological polar surface area (TPSA) is 62.6 Å². The van der Waals surface area contributed by atoms with Gasteiger partial charge in [0.15, 0.2) is 0 Å². The summed E-state index contributed by atoms with van der Waals surface area (Å²) in [6.07, 6.45) is 8.08. The van der Waals surface area contributed by atoms with Crippen molar-refractivity contribution in [1.29, 1.82) is 0 Å². The Hall–Kier alpha value is -2.54. The van der Waals surface area contributed by atoms with Gasteiger partial charge in [0.2, 0.25) is 0 Å². The molecule has 1 saturated carbocycles. The molecule has 0 amide bonds. The van der Waals surface area contributed by atoms with E-state index < -0.39 is 0 Å². The molecule has 0 unspecified atom stereocenters. The zero-order valence-corrected chi connectivity index (χ0v) is 16.3. The van der Waals surface area contributed by atoms with Gasteiger partial charge in [0.05, 0.1) is 10.9 Å². The van der Waals surface area contributed by atoms with E-state index in [0.29, 0.717) is 6.04 Å². The molecule has 1 N–H and O–H groups in total. The van der Waals surface area contributed by atoms with Crippen molar-refractivity contribution in [2.45, 2.75) is 23.8 Å². The van der Waals surface area contributed by atoms with Crippen molar-refractivity contribution in [3.63, 3.8) is 0 Å². The summed E-state index contributed by atoms with van der Waals surface area (Å²) in [5.41, 5.74) is 1.97. The van der Waals surface area contributed by atoms with Crippen LogP contribution in [-0.2, 0) is 7.05 Å². The van der Waals surface area contributed by atoms with E-state index in [-0.39, 0.29) is 0 Å². The van der Waals surface area contributed by atoms with Crippen LogP contribution in [0.15, 0.2) is 47.9 Å². The SMILES string of the molecule is Cn1cc2cc(SC[C@H]3C[C@@H](N(C)c4ncnc5[nH]ccc45)C3)ccc2n1. The van der Waals surface area contributed by atoms with Crippen LogP contribution in [0.3, 0.4) is 0 Å². The molecule has 0 radical (unpaired) electrons. The number of rotatable bonds is 5. The maximum Gasteiger partial charge on any atom is 0.142 e. The molecule has 27 heavy (non-hydrogen) atoms. The second-order valence-electron chi connectivity index (χ2n) is 7.37. The molecular formula is C20H22N6S. The molecule has 1 aromatic carbocycles. The van der Waals surface area contributed by atoms with E-state index in [0.717, 1.165) is 28.3 Å². The number of nitrogens with zero attached hydrogens (tertiary/aromatic N) is 5. The van der Waals surface area contributed by atoms with Crippen molar-refractivity contribution >= 4 is 39.5 Å². The fourth-order valence-corrected chi connectivity index (χ4v) is 4.97. The highest BCUT2D eigenvalue weighted by molar-refractivity contribution is 7.99. The van der Waals surface area contributed by atoms with Gasteiger partial charge in [0.1, 0.15) is 17.8 Å². The predicted octanol–water partition coefficient (Wildman–Crippen LogP) is 3.85. The molecule has 7 heteroatoms. The Labute approximate surface area is 162 Å². The largest absolute Gasteiger partial charge is 0.356 e. The number of aryl methyl sites for hydroxylation is 1. The molecule has 0 atom stereocenters. The third kappa shape index (κ3) is 3.06. The van der Waals surface area contributed by atoms with Crippen molar-refractivity contribution in [1.82, 2.24) is 24.7 Å². The van der Waals surface area contributed by atoms with Crippen LogP contribution in [0.1, 0.15) is 12.8 Å². The van der Waals surface area contributed by atoms with Crippen LogP contribution in [0.25, 0.3) is 21.9 Å². The maximum atomic E-state index is 4.51. The lowest BCUT2D eigenvalue weighted by molar-refractivity contribution is 0.286. The third-order valence-electron chi connectivity index (χ3n) is 5.50. The van der Waals surface area contributed by atoms with Gasteiger partial charge in [-0.3, -0.25) is 4.68 Å². The van der Waals surface area contributed by atoms with Gasteiger partial charge in [-0.15, -0.1) is 11.8 Å². The van der Waals surface area contributed by atoms with Crippen LogP contribution in [0.5, 0.6) is 0 Å². The number of hydrogen-bond acceptors (Lipinski definition) is 5. The van der Waals surface area contributed by atoms with Crippen LogP contribution < -0.4 is 4.90 Å². The number of aromatic amines is 1. The van der Waals surface area contributed by atoms with Crippen molar-refractivity contribution in [3.8, 4) is 0 Å². The molecule has 0 bridgehead atoms. The average molecular weight is 379 g/mol. The fraction of sp³-hybridized carbons (Fsp3) is 0.350. The molecule has 3 heterocycles. The van der Waals surface area contributed by atoms with Crippen molar-refractivity contribution in [3.05, 3.63) is 43.0 Å². The number of hydrogen-bond donors (Lipinski definition) is 1. The number of aromatic nitrogens is 5. The molecular weight excluding hydrogens is 356 g/mol. The number of benzene rings is 1. The second kappa shape index (κ2) is 6.56. The zero-order valence-electron chi connectivity index (χ0n) is 15.5. The normalized spacial score (nSPS) is 19.5. The van der Waals surface area contributed by atoms with Gasteiger partial charge < -0.3 is 9.88 Å². The van der Waals surface area contributed by atoms with Gasteiger partial charge in [-0.1, -0.05) is 0 Å². The first-order valence-electron chi connectivity index (χ1n) is 9.24. The van der Waals surface area contributed by atoms with Gasteiger partial charge in [0.25, 0.3) is 0 Å². The molecule has 138 valence electrons. The highest BCUT2D eigenvalue weighted by Gasteiger charge is 2.33. The van der Waals surface area contributed by atoms with Crippen LogP contribution >= 0.6 is 11.8 Å². The monoisotopic (exact) mass is 378 g/mol. The Morgan fingerprint density at radius 3 is 3.04 bits per heavy atom. The fourth-order valence-electron chi connectivity index (χ4n) is 3.90. The van der Waals surface area contributed by atoms with Crippen LogP contribution in [0.4, 0.5) is 5.82 Å². The van der Waals surface area contributed by atoms with Gasteiger partial charge >= 0.3 is 0 Å². The minimum atomic E-state index is 0.560. The molecule has 0 spiro atoms. The average Bonchev–Trinajstić information content (AvgIpc) is 3.24. The molecule has 0 saturated heterocycles. The Morgan fingerprint density at radius 2 is 2.15 bits per heavy atom. The van der Waals surface area contributed by atoms with Gasteiger partial charge in [-0.2, -0.15) is 5.10 Å². The van der Waals surface area contributed by atoms with E-state index in [9.17, 15) is 0 Å². The summed E-state index contributed by atoms with van der Waals surface area (Å²) in [5.74, 6) is 2.95. The minimum Gasteiger partial charge on any atom is -0.356 e. The van der Waals surface area contributed by atoms with E-state index in [1.54, 1.807) is 6.33 Å². The number of nitrogens with one attached hydrogen (secondary N) is 1. The van der Waals surface area contributed by atoms with Gasteiger partial charge in [-0.05, 0) is 43.0 Å². The number of thioether (sulfide) groups is 1. The zero-order chi connectivity index (χ0) is 18.4. The van der Waals surface area contributed by atoms with E-state index in [1.807, 2.05) is 29.7 Å². The quantitative estimate of drug-likeness (QED) is 0.535. The van der Waals surface area contributed by atoms with Crippen LogP contribution in [0, 0.1) is 5.92 Å². The Kier molecular flexibility index (Phi) is 4.04. The first kappa shape index (κ1) is 16.6. The molecule has 4 aromatic rings. The van der Waals surface area contributed by atoms with Crippen molar-refractivity contribution in [2.75, 3.05) is 17.7 Å². The van der Waals surface area contributed by atoms with Crippen LogP contribution in [0.2, 0.25) is 0 Å². The second-order valence-corrected chi connectivity index (χ2v) is 8.47. The molecule has 1 aliphatic rings. The molecule has 1 fully saturated rings. The highest BCUT2D eigenvalue weighted by atomic mass is 32.2. The van der Waals surface area contributed by atoms with Crippen molar-refractivity contribution in [2.24, 2.45) is 13.0 Å². The van der Waals surface area contributed by atoms with Crippen molar-refractivity contribution < 1.29 is 0 Å². The van der Waals surface area contributed by atoms with E-state index in [1.165, 1.54) is 28.9 Å². The number of fused-ring (bicyclic) bond motifs is 2. The summed E-state index contributed by atoms with van der Waals surface area (Å²) in [6, 6.07) is 9.17. The summed E-state index contributed by atoms with van der Waals surface area (Å²) >= 11 is 1.96. The summed E-state index contributed by atoms with van der Waals surface area (Å²) < 4.78 is 1.88. The summed E-state index contributed by atoms with van der Waals surface area (Å²) in [7, 11) is 4.12. The van der Waals surface area contributed by atoms with Gasteiger partial charge in [-0.25, -0.2) is 9.97 Å². The Balaban J connectivity index is 1.19. The first-order chi connectivity index (χ1) is 13.2. The van der Waals surface area contributed by atoms with E-state index in [4.69, 9.17) is 0 Å². The highest BCUT2D eigenvalue weighted by Crippen LogP contribution is 2.38. The molecule has 0 aliphatic heterocycles. The standard InChI is InChI=1S/C20H22N6S/c1-25-10-14-9-16(3-4-18(14)24-25)27-11-13-7-15(8-13)26(2)20-17-5-6-21-19(17)22-12-23-20/h3-6,9-10,12-13,15H,7-8,11H2,1-2H3,(H,21,22,23)/t13-,15+. The summed E-state index contributed by atoms with van der Waals surface area (Å²) in [6.45, 7) is 0. The maximum absolute atomic E-state index is 4.51. The molecule has 1 aliphatic carbocycles. The number of anilines is 1. The Morgan fingerprint density at radius 1 is 1.26 bits per heavy atom. The van der Waals surface area contributed by atoms with E-state index >= 15 is 0 Å². The van der Waals surface area contributed by atoms with Crippen LogP contribution in [-0.4, -0.2) is 43.6 Å². The molecule has 6 nitrogen and oxygen atoms in total. The van der Waals surface area contributed by atoms with E-state index in [2.05, 4.69) is 62.5 Å². The third-order valence-corrected chi connectivity index (χ3v) is 6.73. The van der Waals surface area contributed by atoms with Gasteiger partial charge in [0, 0.05) is 48.6 Å². The lowest BCUT2D eigenvalue weighted by Gasteiger charge is -2.41. The Bertz CT molecular complexity index is 1090. The number of H-pyrrole nitrogens is 1. The first-order valence-corrected chi connectivity index (χ1v) is 10.2. The smallest absolute Gasteiger partial charge is 0.142 e. The minimum absolute atomic E-state index is 0.560. The molecule has 3 aromatic heterocycles. The lowest BCUT2D eigenvalue weighted by atomic mass is 9.81. The lowest BCUT2D eigenvalue weighted by Crippen LogP contribution is -2.43.